The van der Waals surface area contributed by atoms with E-state index >= 15 is 0 Å². The van der Waals surface area contributed by atoms with Gasteiger partial charge in [-0.2, -0.15) is 0 Å². The van der Waals surface area contributed by atoms with E-state index in [1.807, 2.05) is 19.4 Å². The molecule has 1 rings (SSSR count). The van der Waals surface area contributed by atoms with Crippen molar-refractivity contribution in [1.29, 1.82) is 0 Å². The fourth-order valence-electron chi connectivity index (χ4n) is 1.23. The molecular formula is C10H19N3OS. The zero-order valence-electron chi connectivity index (χ0n) is 9.35. The quantitative estimate of drug-likeness (QED) is 0.698. The number of rotatable bonds is 7. The minimum atomic E-state index is -0.723. The Morgan fingerprint density at radius 1 is 1.60 bits per heavy atom. The first-order valence-corrected chi connectivity index (χ1v) is 6.81. The molecule has 1 aromatic rings. The Hall–Kier alpha value is -0.680. The largest absolute Gasteiger partial charge is 0.337 e. The van der Waals surface area contributed by atoms with E-state index in [1.54, 1.807) is 12.5 Å². The molecule has 0 saturated heterocycles. The number of hydrogen-bond acceptors (Lipinski definition) is 3. The highest BCUT2D eigenvalue weighted by atomic mass is 32.2. The lowest BCUT2D eigenvalue weighted by molar-refractivity contribution is 0.577. The van der Waals surface area contributed by atoms with Gasteiger partial charge in [0.2, 0.25) is 0 Å². The first kappa shape index (κ1) is 12.4. The highest BCUT2D eigenvalue weighted by Crippen LogP contribution is 1.91. The van der Waals surface area contributed by atoms with Crippen LogP contribution in [-0.4, -0.2) is 38.4 Å². The lowest BCUT2D eigenvalue weighted by Crippen LogP contribution is -2.28. The molecule has 5 heteroatoms. The van der Waals surface area contributed by atoms with Gasteiger partial charge in [0.1, 0.15) is 0 Å². The first-order chi connectivity index (χ1) is 7.20. The molecule has 4 nitrogen and oxygen atoms in total. The third-order valence-electron chi connectivity index (χ3n) is 2.33. The van der Waals surface area contributed by atoms with E-state index in [9.17, 15) is 4.21 Å². The maximum absolute atomic E-state index is 11.1. The van der Waals surface area contributed by atoms with Crippen molar-refractivity contribution in [2.75, 3.05) is 19.3 Å². The van der Waals surface area contributed by atoms with Crippen LogP contribution in [0.15, 0.2) is 18.7 Å². The number of nitrogens with one attached hydrogen (secondary N) is 1. The van der Waals surface area contributed by atoms with Crippen molar-refractivity contribution < 1.29 is 4.21 Å². The predicted molar refractivity (Wildman–Crippen MR) is 63.2 cm³/mol. The number of aryl methyl sites for hydroxylation is 1. The summed E-state index contributed by atoms with van der Waals surface area (Å²) in [6.45, 7) is 4.77. The molecule has 0 aliphatic rings. The standard InChI is InChI=1S/C10H19N3OS/c1-10(15(2)14)8-11-4-3-6-13-7-5-12-9-13/h5,7,9-11H,3-4,6,8H2,1-2H3. The zero-order chi connectivity index (χ0) is 11.1. The zero-order valence-corrected chi connectivity index (χ0v) is 10.2. The van der Waals surface area contributed by atoms with Gasteiger partial charge in [-0.25, -0.2) is 4.98 Å². The van der Waals surface area contributed by atoms with Gasteiger partial charge in [-0.05, 0) is 19.9 Å². The second kappa shape index (κ2) is 6.74. The molecule has 0 saturated carbocycles. The van der Waals surface area contributed by atoms with E-state index in [0.717, 1.165) is 26.1 Å². The summed E-state index contributed by atoms with van der Waals surface area (Å²) in [5.74, 6) is 0. The van der Waals surface area contributed by atoms with Gasteiger partial charge >= 0.3 is 0 Å². The monoisotopic (exact) mass is 229 g/mol. The van der Waals surface area contributed by atoms with Crippen LogP contribution in [0.2, 0.25) is 0 Å². The van der Waals surface area contributed by atoms with E-state index in [4.69, 9.17) is 0 Å². The predicted octanol–water partition coefficient (Wildman–Crippen LogP) is 0.630. The molecule has 0 spiro atoms. The summed E-state index contributed by atoms with van der Waals surface area (Å²) in [5.41, 5.74) is 0. The molecule has 86 valence electrons. The Balaban J connectivity index is 2.00. The van der Waals surface area contributed by atoms with Crippen molar-refractivity contribution in [3.05, 3.63) is 18.7 Å². The molecule has 0 bridgehead atoms. The number of nitrogens with zero attached hydrogens (tertiary/aromatic N) is 2. The van der Waals surface area contributed by atoms with Crippen LogP contribution in [0.1, 0.15) is 13.3 Å². The van der Waals surface area contributed by atoms with Gasteiger partial charge in [-0.3, -0.25) is 4.21 Å². The van der Waals surface area contributed by atoms with Crippen LogP contribution in [0.3, 0.4) is 0 Å². The Morgan fingerprint density at radius 3 is 3.00 bits per heavy atom. The average molecular weight is 229 g/mol. The second-order valence-corrected chi connectivity index (χ2v) is 5.47. The number of imidazole rings is 1. The van der Waals surface area contributed by atoms with Gasteiger partial charge in [-0.1, -0.05) is 0 Å². The van der Waals surface area contributed by atoms with Gasteiger partial charge < -0.3 is 9.88 Å². The summed E-state index contributed by atoms with van der Waals surface area (Å²) in [6.07, 6.45) is 8.39. The van der Waals surface area contributed by atoms with Crippen molar-refractivity contribution in [3.8, 4) is 0 Å². The van der Waals surface area contributed by atoms with E-state index in [0.29, 0.717) is 0 Å². The molecule has 0 aliphatic carbocycles. The third kappa shape index (κ3) is 5.09. The van der Waals surface area contributed by atoms with Gasteiger partial charge in [0.05, 0.1) is 6.33 Å². The molecule has 1 aromatic heterocycles. The van der Waals surface area contributed by atoms with Gasteiger partial charge in [0, 0.05) is 47.8 Å². The molecule has 0 fully saturated rings. The maximum atomic E-state index is 11.1. The summed E-state index contributed by atoms with van der Waals surface area (Å²) in [7, 11) is -0.723. The summed E-state index contributed by atoms with van der Waals surface area (Å²) >= 11 is 0. The van der Waals surface area contributed by atoms with E-state index < -0.39 is 10.8 Å². The Labute approximate surface area is 93.5 Å². The van der Waals surface area contributed by atoms with Crippen molar-refractivity contribution in [2.24, 2.45) is 0 Å². The van der Waals surface area contributed by atoms with E-state index in [1.165, 1.54) is 0 Å². The Morgan fingerprint density at radius 2 is 2.40 bits per heavy atom. The topological polar surface area (TPSA) is 46.9 Å². The fraction of sp³-hybridized carbons (Fsp3) is 0.700. The molecule has 0 amide bonds. The smallest absolute Gasteiger partial charge is 0.0945 e. The SMILES string of the molecule is CC(CNCCCn1ccnc1)S(C)=O. The third-order valence-corrected chi connectivity index (χ3v) is 3.63. The van der Waals surface area contributed by atoms with Crippen molar-refractivity contribution in [1.82, 2.24) is 14.9 Å². The van der Waals surface area contributed by atoms with Crippen LogP contribution >= 0.6 is 0 Å². The van der Waals surface area contributed by atoms with Crippen molar-refractivity contribution in [3.63, 3.8) is 0 Å². The fourth-order valence-corrected chi connectivity index (χ4v) is 1.58. The second-order valence-electron chi connectivity index (χ2n) is 3.67. The van der Waals surface area contributed by atoms with Crippen LogP contribution in [0.5, 0.6) is 0 Å². The van der Waals surface area contributed by atoms with Crippen LogP contribution in [0.4, 0.5) is 0 Å². The van der Waals surface area contributed by atoms with Crippen LogP contribution in [0.25, 0.3) is 0 Å². The highest BCUT2D eigenvalue weighted by Gasteiger charge is 2.03. The number of aromatic nitrogens is 2. The molecule has 15 heavy (non-hydrogen) atoms. The Bertz CT molecular complexity index is 287. The van der Waals surface area contributed by atoms with Crippen LogP contribution < -0.4 is 5.32 Å². The first-order valence-electron chi connectivity index (χ1n) is 5.19. The van der Waals surface area contributed by atoms with Crippen LogP contribution in [0, 0.1) is 0 Å². The van der Waals surface area contributed by atoms with Crippen LogP contribution in [-0.2, 0) is 17.3 Å². The molecule has 1 N–H and O–H groups in total. The summed E-state index contributed by atoms with van der Waals surface area (Å²) in [5, 5.41) is 3.54. The molecular weight excluding hydrogens is 210 g/mol. The molecule has 0 radical (unpaired) electrons. The minimum absolute atomic E-state index is 0.234. The highest BCUT2D eigenvalue weighted by molar-refractivity contribution is 7.84. The lowest BCUT2D eigenvalue weighted by atomic mass is 10.4. The Kier molecular flexibility index (Phi) is 5.57. The molecule has 2 atom stereocenters. The lowest BCUT2D eigenvalue weighted by Gasteiger charge is -2.09. The normalized spacial score (nSPS) is 15.1. The maximum Gasteiger partial charge on any atom is 0.0945 e. The summed E-state index contributed by atoms with van der Waals surface area (Å²) < 4.78 is 13.1. The van der Waals surface area contributed by atoms with Gasteiger partial charge in [0.25, 0.3) is 0 Å². The molecule has 1 heterocycles. The molecule has 2 unspecified atom stereocenters. The van der Waals surface area contributed by atoms with E-state index in [-0.39, 0.29) is 5.25 Å². The van der Waals surface area contributed by atoms with E-state index in [2.05, 4.69) is 14.9 Å². The van der Waals surface area contributed by atoms with Crippen molar-refractivity contribution >= 4 is 10.8 Å². The van der Waals surface area contributed by atoms with Gasteiger partial charge in [0.15, 0.2) is 0 Å². The molecule has 0 aliphatic heterocycles. The summed E-state index contributed by atoms with van der Waals surface area (Å²) in [6, 6.07) is 0. The van der Waals surface area contributed by atoms with Gasteiger partial charge in [-0.15, -0.1) is 0 Å². The van der Waals surface area contributed by atoms with Crippen molar-refractivity contribution in [2.45, 2.75) is 25.1 Å². The summed E-state index contributed by atoms with van der Waals surface area (Å²) in [4.78, 5) is 3.97. The average Bonchev–Trinajstić information content (AvgIpc) is 2.69. The minimum Gasteiger partial charge on any atom is -0.337 e. The molecule has 0 aromatic carbocycles. The number of hydrogen-bond donors (Lipinski definition) is 1.